The average molecular weight is 360 g/mol. The van der Waals surface area contributed by atoms with Gasteiger partial charge < -0.3 is 10.4 Å². The predicted octanol–water partition coefficient (Wildman–Crippen LogP) is 3.21. The first-order valence-electron chi connectivity index (χ1n) is 7.23. The molecule has 1 heterocycles. The van der Waals surface area contributed by atoms with Crippen molar-refractivity contribution in [3.8, 4) is 5.75 Å². The van der Waals surface area contributed by atoms with E-state index in [2.05, 4.69) is 15.5 Å². The predicted molar refractivity (Wildman–Crippen MR) is 97.8 cm³/mol. The quantitative estimate of drug-likeness (QED) is 0.650. The topological polar surface area (TPSA) is 74.0 Å². The van der Waals surface area contributed by atoms with E-state index in [4.69, 9.17) is 11.6 Å². The largest absolute Gasteiger partial charge is 0.508 e. The van der Waals surface area contributed by atoms with Gasteiger partial charge in [-0.1, -0.05) is 41.6 Å². The Hall–Kier alpha value is -2.31. The minimum Gasteiger partial charge on any atom is -0.508 e. The van der Waals surface area contributed by atoms with Crippen molar-refractivity contribution in [2.45, 2.75) is 11.7 Å². The van der Waals surface area contributed by atoms with Crippen LogP contribution >= 0.6 is 23.4 Å². The Morgan fingerprint density at radius 1 is 1.21 bits per heavy atom. The summed E-state index contributed by atoms with van der Waals surface area (Å²) in [6.07, 6.45) is 2.09. The van der Waals surface area contributed by atoms with Crippen molar-refractivity contribution in [1.29, 1.82) is 0 Å². The zero-order chi connectivity index (χ0) is 16.9. The van der Waals surface area contributed by atoms with Gasteiger partial charge in [0.05, 0.1) is 11.5 Å². The van der Waals surface area contributed by atoms with Gasteiger partial charge in [0.15, 0.2) is 5.17 Å². The maximum Gasteiger partial charge on any atom is 0.239 e. The minimum absolute atomic E-state index is 0.0986. The van der Waals surface area contributed by atoms with Crippen molar-refractivity contribution < 1.29 is 9.90 Å². The Balaban J connectivity index is 1.63. The number of benzene rings is 2. The zero-order valence-corrected chi connectivity index (χ0v) is 14.1. The molecule has 0 spiro atoms. The normalized spacial score (nSPS) is 19.1. The fraction of sp³-hybridized carbons (Fsp3) is 0.118. The van der Waals surface area contributed by atoms with E-state index >= 15 is 0 Å². The van der Waals surface area contributed by atoms with Crippen molar-refractivity contribution >= 4 is 40.7 Å². The van der Waals surface area contributed by atoms with E-state index in [1.54, 1.807) is 30.5 Å². The number of halogens is 1. The molecule has 24 heavy (non-hydrogen) atoms. The number of nitrogens with one attached hydrogen (secondary N) is 1. The molecule has 7 heteroatoms. The van der Waals surface area contributed by atoms with Crippen LogP contribution in [0.3, 0.4) is 0 Å². The van der Waals surface area contributed by atoms with Gasteiger partial charge in [0, 0.05) is 5.02 Å². The maximum absolute atomic E-state index is 12.0. The summed E-state index contributed by atoms with van der Waals surface area (Å²) in [7, 11) is 0. The number of carbonyl (C=O) groups is 1. The monoisotopic (exact) mass is 359 g/mol. The number of amides is 1. The van der Waals surface area contributed by atoms with Crippen molar-refractivity contribution in [2.24, 2.45) is 10.2 Å². The van der Waals surface area contributed by atoms with E-state index in [-0.39, 0.29) is 16.9 Å². The number of hydrogen-bond acceptors (Lipinski definition) is 5. The second-order valence-electron chi connectivity index (χ2n) is 5.13. The van der Waals surface area contributed by atoms with Crippen molar-refractivity contribution in [3.05, 3.63) is 64.7 Å². The van der Waals surface area contributed by atoms with Crippen LogP contribution in [0.2, 0.25) is 5.02 Å². The molecule has 0 unspecified atom stereocenters. The summed E-state index contributed by atoms with van der Waals surface area (Å²) in [4.78, 5) is 12.0. The third kappa shape index (κ3) is 4.15. The number of amidine groups is 1. The molecule has 0 bridgehead atoms. The highest BCUT2D eigenvalue weighted by atomic mass is 35.5. The lowest BCUT2D eigenvalue weighted by Crippen LogP contribution is -2.26. The molecule has 0 aliphatic carbocycles. The molecule has 122 valence electrons. The molecule has 1 aliphatic rings. The lowest BCUT2D eigenvalue weighted by molar-refractivity contribution is -0.118. The lowest BCUT2D eigenvalue weighted by atomic mass is 10.1. The number of phenols is 1. The molecule has 5 nitrogen and oxygen atoms in total. The fourth-order valence-corrected chi connectivity index (χ4v) is 3.32. The maximum atomic E-state index is 12.0. The number of rotatable bonds is 4. The van der Waals surface area contributed by atoms with Crippen LogP contribution in [0.15, 0.2) is 58.7 Å². The van der Waals surface area contributed by atoms with Crippen LogP contribution in [-0.4, -0.2) is 27.6 Å². The highest BCUT2D eigenvalue weighted by molar-refractivity contribution is 8.15. The van der Waals surface area contributed by atoms with E-state index < -0.39 is 0 Å². The van der Waals surface area contributed by atoms with Crippen LogP contribution in [0.5, 0.6) is 5.75 Å². The Kier molecular flexibility index (Phi) is 5.17. The SMILES string of the molecule is O=C1N/C(=N/N=C\c2ccc(O)cc2)S[C@H]1Cc1ccccc1Cl. The highest BCUT2D eigenvalue weighted by Crippen LogP contribution is 2.26. The molecule has 1 saturated heterocycles. The summed E-state index contributed by atoms with van der Waals surface area (Å²) in [5.41, 5.74) is 1.74. The van der Waals surface area contributed by atoms with Gasteiger partial charge in [0.25, 0.3) is 0 Å². The van der Waals surface area contributed by atoms with Crippen LogP contribution in [0.1, 0.15) is 11.1 Å². The summed E-state index contributed by atoms with van der Waals surface area (Å²) in [6.45, 7) is 0. The number of hydrogen-bond donors (Lipinski definition) is 2. The number of phenolic OH excluding ortho intramolecular Hbond substituents is 1. The molecule has 0 aromatic heterocycles. The fourth-order valence-electron chi connectivity index (χ4n) is 2.16. The average Bonchev–Trinajstić information content (AvgIpc) is 2.91. The zero-order valence-electron chi connectivity index (χ0n) is 12.5. The Labute approximate surface area is 148 Å². The lowest BCUT2D eigenvalue weighted by Gasteiger charge is -2.06. The minimum atomic E-state index is -0.271. The van der Waals surface area contributed by atoms with E-state index in [1.165, 1.54) is 11.8 Å². The molecule has 1 atom stereocenters. The van der Waals surface area contributed by atoms with Crippen LogP contribution in [0, 0.1) is 0 Å². The van der Waals surface area contributed by atoms with Crippen molar-refractivity contribution in [1.82, 2.24) is 5.32 Å². The summed E-state index contributed by atoms with van der Waals surface area (Å²) >= 11 is 7.47. The van der Waals surface area contributed by atoms with Gasteiger partial charge >= 0.3 is 0 Å². The third-order valence-corrected chi connectivity index (χ3v) is 4.83. The molecule has 2 aromatic carbocycles. The summed E-state index contributed by atoms with van der Waals surface area (Å²) in [5, 5.41) is 20.8. The first-order chi connectivity index (χ1) is 11.6. The number of carbonyl (C=O) groups excluding carboxylic acids is 1. The van der Waals surface area contributed by atoms with Crippen molar-refractivity contribution in [2.75, 3.05) is 0 Å². The van der Waals surface area contributed by atoms with Gasteiger partial charge in [0.1, 0.15) is 5.75 Å². The first kappa shape index (κ1) is 16.5. The van der Waals surface area contributed by atoms with E-state index in [0.717, 1.165) is 11.1 Å². The van der Waals surface area contributed by atoms with Gasteiger partial charge in [-0.3, -0.25) is 4.79 Å². The van der Waals surface area contributed by atoms with Crippen LogP contribution < -0.4 is 5.32 Å². The van der Waals surface area contributed by atoms with Gasteiger partial charge in [0.2, 0.25) is 5.91 Å². The summed E-state index contributed by atoms with van der Waals surface area (Å²) in [5.74, 6) is 0.0954. The summed E-state index contributed by atoms with van der Waals surface area (Å²) < 4.78 is 0. The standard InChI is InChI=1S/C17H14ClN3O2S/c18-14-4-2-1-3-12(14)9-15-16(23)20-17(24-15)21-19-10-11-5-7-13(22)8-6-11/h1-8,10,15,22H,9H2,(H,20,21,23)/b19-10-/t15-/m0/s1. The van der Waals surface area contributed by atoms with Crippen molar-refractivity contribution in [3.63, 3.8) is 0 Å². The number of nitrogens with zero attached hydrogens (tertiary/aromatic N) is 2. The molecule has 2 N–H and O–H groups in total. The van der Waals surface area contributed by atoms with Crippen LogP contribution in [-0.2, 0) is 11.2 Å². The smallest absolute Gasteiger partial charge is 0.239 e. The van der Waals surface area contributed by atoms with Gasteiger partial charge in [-0.15, -0.1) is 5.10 Å². The van der Waals surface area contributed by atoms with Gasteiger partial charge in [-0.25, -0.2) is 0 Å². The second-order valence-corrected chi connectivity index (χ2v) is 6.73. The molecule has 2 aromatic rings. The van der Waals surface area contributed by atoms with Crippen LogP contribution in [0.25, 0.3) is 0 Å². The van der Waals surface area contributed by atoms with E-state index in [1.807, 2.05) is 24.3 Å². The molecule has 1 amide bonds. The Morgan fingerprint density at radius 3 is 2.71 bits per heavy atom. The molecular weight excluding hydrogens is 346 g/mol. The van der Waals surface area contributed by atoms with E-state index in [9.17, 15) is 9.90 Å². The number of aromatic hydroxyl groups is 1. The van der Waals surface area contributed by atoms with E-state index in [0.29, 0.717) is 16.6 Å². The summed E-state index contributed by atoms with van der Waals surface area (Å²) in [6, 6.07) is 14.1. The molecule has 1 fully saturated rings. The Bertz CT molecular complexity index is 806. The number of thioether (sulfide) groups is 1. The molecular formula is C17H14ClN3O2S. The first-order valence-corrected chi connectivity index (χ1v) is 8.48. The molecule has 3 rings (SSSR count). The van der Waals surface area contributed by atoms with Crippen LogP contribution in [0.4, 0.5) is 0 Å². The molecule has 0 radical (unpaired) electrons. The van der Waals surface area contributed by atoms with Gasteiger partial charge in [-0.2, -0.15) is 5.10 Å². The Morgan fingerprint density at radius 2 is 1.96 bits per heavy atom. The molecule has 1 aliphatic heterocycles. The second kappa shape index (κ2) is 7.51. The molecule has 0 saturated carbocycles. The third-order valence-electron chi connectivity index (χ3n) is 3.39. The van der Waals surface area contributed by atoms with Gasteiger partial charge in [-0.05, 0) is 47.9 Å². The highest BCUT2D eigenvalue weighted by Gasteiger charge is 2.30.